The molecular formula is C16H28N2O3. The van der Waals surface area contributed by atoms with Crippen LogP contribution in [0.2, 0.25) is 0 Å². The zero-order chi connectivity index (χ0) is 15.7. The lowest BCUT2D eigenvalue weighted by molar-refractivity contribution is -0.145. The van der Waals surface area contributed by atoms with Crippen molar-refractivity contribution in [3.63, 3.8) is 0 Å². The van der Waals surface area contributed by atoms with Crippen LogP contribution in [-0.2, 0) is 4.79 Å². The molecule has 1 atom stereocenters. The summed E-state index contributed by atoms with van der Waals surface area (Å²) in [4.78, 5) is 25.9. The number of amides is 2. The lowest BCUT2D eigenvalue weighted by Crippen LogP contribution is -2.58. The van der Waals surface area contributed by atoms with Crippen molar-refractivity contribution in [3.05, 3.63) is 0 Å². The molecule has 1 aliphatic heterocycles. The average molecular weight is 296 g/mol. The van der Waals surface area contributed by atoms with E-state index in [1.165, 1.54) is 0 Å². The highest BCUT2D eigenvalue weighted by molar-refractivity contribution is 5.86. The minimum atomic E-state index is -1.05. The van der Waals surface area contributed by atoms with Gasteiger partial charge in [-0.15, -0.1) is 0 Å². The number of carboxylic acids is 1. The monoisotopic (exact) mass is 296 g/mol. The Morgan fingerprint density at radius 1 is 1.19 bits per heavy atom. The molecule has 2 N–H and O–H groups in total. The maximum absolute atomic E-state index is 12.4. The van der Waals surface area contributed by atoms with E-state index in [-0.39, 0.29) is 11.4 Å². The Hall–Kier alpha value is -1.26. The molecule has 2 amide bonds. The first kappa shape index (κ1) is 16.1. The number of hydrogen-bond donors (Lipinski definition) is 2. The fourth-order valence-corrected chi connectivity index (χ4v) is 3.48. The van der Waals surface area contributed by atoms with E-state index < -0.39 is 11.5 Å². The Bertz CT molecular complexity index is 408. The molecule has 2 fully saturated rings. The van der Waals surface area contributed by atoms with Gasteiger partial charge in [-0.3, -0.25) is 0 Å². The SMILES string of the molecule is CC(C)(C)C1CCN(C(=O)NC2(C(=O)O)CCCCC2)C1. The molecule has 0 aromatic rings. The minimum absolute atomic E-state index is 0.185. The molecule has 5 heteroatoms. The van der Waals surface area contributed by atoms with Gasteiger partial charge in [0, 0.05) is 13.1 Å². The number of carbonyl (C=O) groups excluding carboxylic acids is 1. The van der Waals surface area contributed by atoms with Crippen LogP contribution < -0.4 is 5.32 Å². The number of nitrogens with one attached hydrogen (secondary N) is 1. The van der Waals surface area contributed by atoms with E-state index in [1.807, 2.05) is 0 Å². The average Bonchev–Trinajstić information content (AvgIpc) is 2.89. The second-order valence-electron chi connectivity index (χ2n) is 7.68. The third kappa shape index (κ3) is 3.50. The number of hydrogen-bond acceptors (Lipinski definition) is 2. The molecule has 2 aliphatic rings. The Balaban J connectivity index is 1.99. The van der Waals surface area contributed by atoms with Crippen molar-refractivity contribution in [2.45, 2.75) is 64.8 Å². The van der Waals surface area contributed by atoms with Crippen LogP contribution in [0.1, 0.15) is 59.3 Å². The van der Waals surface area contributed by atoms with Gasteiger partial charge in [0.1, 0.15) is 5.54 Å². The van der Waals surface area contributed by atoms with Gasteiger partial charge in [-0.25, -0.2) is 9.59 Å². The molecule has 21 heavy (non-hydrogen) atoms. The highest BCUT2D eigenvalue weighted by atomic mass is 16.4. The van der Waals surface area contributed by atoms with Crippen LogP contribution in [0, 0.1) is 11.3 Å². The zero-order valence-corrected chi connectivity index (χ0v) is 13.4. The van der Waals surface area contributed by atoms with E-state index in [4.69, 9.17) is 0 Å². The molecule has 1 saturated heterocycles. The lowest BCUT2D eigenvalue weighted by Gasteiger charge is -2.35. The van der Waals surface area contributed by atoms with Crippen LogP contribution in [0.25, 0.3) is 0 Å². The lowest BCUT2D eigenvalue weighted by atomic mass is 9.80. The van der Waals surface area contributed by atoms with Crippen LogP contribution >= 0.6 is 0 Å². The van der Waals surface area contributed by atoms with Crippen molar-refractivity contribution in [1.29, 1.82) is 0 Å². The third-order valence-electron chi connectivity index (χ3n) is 5.16. The number of nitrogens with zero attached hydrogens (tertiary/aromatic N) is 1. The van der Waals surface area contributed by atoms with E-state index in [2.05, 4.69) is 26.1 Å². The molecule has 1 saturated carbocycles. The van der Waals surface area contributed by atoms with Gasteiger partial charge in [-0.05, 0) is 30.6 Å². The van der Waals surface area contributed by atoms with Crippen molar-refractivity contribution in [1.82, 2.24) is 10.2 Å². The Kier molecular flexibility index (Phi) is 4.49. The van der Waals surface area contributed by atoms with Crippen LogP contribution in [0.5, 0.6) is 0 Å². The molecule has 1 unspecified atom stereocenters. The molecular weight excluding hydrogens is 268 g/mol. The van der Waals surface area contributed by atoms with Crippen molar-refractivity contribution in [2.24, 2.45) is 11.3 Å². The maximum atomic E-state index is 12.4. The van der Waals surface area contributed by atoms with Gasteiger partial charge in [-0.1, -0.05) is 40.0 Å². The second kappa shape index (κ2) is 5.85. The van der Waals surface area contributed by atoms with Gasteiger partial charge in [0.05, 0.1) is 0 Å². The summed E-state index contributed by atoms with van der Waals surface area (Å²) in [5.74, 6) is -0.405. The number of likely N-dealkylation sites (tertiary alicyclic amines) is 1. The van der Waals surface area contributed by atoms with Crippen molar-refractivity contribution in [3.8, 4) is 0 Å². The van der Waals surface area contributed by atoms with Gasteiger partial charge in [0.2, 0.25) is 0 Å². The highest BCUT2D eigenvalue weighted by Crippen LogP contribution is 2.34. The highest BCUT2D eigenvalue weighted by Gasteiger charge is 2.43. The molecule has 0 aromatic heterocycles. The first-order valence-electron chi connectivity index (χ1n) is 8.05. The summed E-state index contributed by atoms with van der Waals surface area (Å²) in [5, 5.41) is 12.4. The molecule has 0 aromatic carbocycles. The Morgan fingerprint density at radius 3 is 2.29 bits per heavy atom. The van der Waals surface area contributed by atoms with E-state index in [0.717, 1.165) is 38.8 Å². The van der Waals surface area contributed by atoms with Crippen molar-refractivity contribution < 1.29 is 14.7 Å². The summed E-state index contributed by atoms with van der Waals surface area (Å²) in [6, 6.07) is -0.203. The molecule has 0 spiro atoms. The first-order valence-corrected chi connectivity index (χ1v) is 8.05. The van der Waals surface area contributed by atoms with E-state index in [9.17, 15) is 14.7 Å². The topological polar surface area (TPSA) is 69.6 Å². The largest absolute Gasteiger partial charge is 0.480 e. The van der Waals surface area contributed by atoms with Crippen LogP contribution in [0.4, 0.5) is 4.79 Å². The van der Waals surface area contributed by atoms with Crippen molar-refractivity contribution >= 4 is 12.0 Å². The predicted molar refractivity (Wildman–Crippen MR) is 81.1 cm³/mol. The van der Waals surface area contributed by atoms with Crippen LogP contribution in [0.3, 0.4) is 0 Å². The van der Waals surface area contributed by atoms with E-state index in [1.54, 1.807) is 4.90 Å². The molecule has 0 bridgehead atoms. The van der Waals surface area contributed by atoms with Gasteiger partial charge >= 0.3 is 12.0 Å². The van der Waals surface area contributed by atoms with Gasteiger partial charge in [0.15, 0.2) is 0 Å². The number of urea groups is 1. The second-order valence-corrected chi connectivity index (χ2v) is 7.68. The number of rotatable bonds is 2. The zero-order valence-electron chi connectivity index (χ0n) is 13.4. The molecule has 120 valence electrons. The van der Waals surface area contributed by atoms with Gasteiger partial charge in [-0.2, -0.15) is 0 Å². The summed E-state index contributed by atoms with van der Waals surface area (Å²) >= 11 is 0. The summed E-state index contributed by atoms with van der Waals surface area (Å²) in [6.45, 7) is 8.03. The van der Waals surface area contributed by atoms with E-state index in [0.29, 0.717) is 18.8 Å². The molecule has 1 aliphatic carbocycles. The quantitative estimate of drug-likeness (QED) is 0.823. The van der Waals surface area contributed by atoms with E-state index >= 15 is 0 Å². The smallest absolute Gasteiger partial charge is 0.329 e. The summed E-state index contributed by atoms with van der Waals surface area (Å²) in [7, 11) is 0. The molecule has 1 heterocycles. The van der Waals surface area contributed by atoms with Crippen LogP contribution in [0.15, 0.2) is 0 Å². The Labute approximate surface area is 127 Å². The maximum Gasteiger partial charge on any atom is 0.329 e. The Morgan fingerprint density at radius 2 is 1.81 bits per heavy atom. The fraction of sp³-hybridized carbons (Fsp3) is 0.875. The first-order chi connectivity index (χ1) is 9.74. The number of carboxylic acid groups (broad SMARTS) is 1. The van der Waals surface area contributed by atoms with Gasteiger partial charge in [0.25, 0.3) is 0 Å². The van der Waals surface area contributed by atoms with Crippen molar-refractivity contribution in [2.75, 3.05) is 13.1 Å². The number of aliphatic carboxylic acids is 1. The van der Waals surface area contributed by atoms with Gasteiger partial charge < -0.3 is 15.3 Å². The molecule has 2 rings (SSSR count). The summed E-state index contributed by atoms with van der Waals surface area (Å²) in [5.41, 5.74) is -0.862. The third-order valence-corrected chi connectivity index (χ3v) is 5.16. The summed E-state index contributed by atoms with van der Waals surface area (Å²) in [6.07, 6.45) is 4.89. The molecule has 5 nitrogen and oxygen atoms in total. The number of carbonyl (C=O) groups is 2. The van der Waals surface area contributed by atoms with Crippen LogP contribution in [-0.4, -0.2) is 40.6 Å². The molecule has 0 radical (unpaired) electrons. The normalized spacial score (nSPS) is 25.7. The predicted octanol–water partition coefficient (Wildman–Crippen LogP) is 2.85. The fourth-order valence-electron chi connectivity index (χ4n) is 3.48. The standard InChI is InChI=1S/C16H28N2O3/c1-15(2,3)12-7-10-18(11-12)14(21)17-16(13(19)20)8-5-4-6-9-16/h12H,4-11H2,1-3H3,(H,17,21)(H,19,20). The summed E-state index contributed by atoms with van der Waals surface area (Å²) < 4.78 is 0. The minimum Gasteiger partial charge on any atom is -0.480 e.